The largest absolute Gasteiger partial charge is 0.508 e. The van der Waals surface area contributed by atoms with E-state index >= 15 is 0 Å². The van der Waals surface area contributed by atoms with Gasteiger partial charge >= 0.3 is 17.9 Å². The van der Waals surface area contributed by atoms with Gasteiger partial charge in [0.15, 0.2) is 9.84 Å². The summed E-state index contributed by atoms with van der Waals surface area (Å²) in [6.07, 6.45) is 0. The number of sulfone groups is 1. The Morgan fingerprint density at radius 2 is 1.22 bits per heavy atom. The number of carbonyl (C=O) groups is 3. The average molecular weight is 527 g/mol. The molecule has 0 aliphatic carbocycles. The van der Waals surface area contributed by atoms with Crippen molar-refractivity contribution >= 4 is 27.7 Å². The highest BCUT2D eigenvalue weighted by molar-refractivity contribution is 7.89. The number of phenolic OH excluding ortho intramolecular Hbond substituents is 3. The molecule has 13 heteroatoms. The van der Waals surface area contributed by atoms with Gasteiger partial charge in [-0.1, -0.05) is 0 Å². The van der Waals surface area contributed by atoms with Gasteiger partial charge in [0.2, 0.25) is 0 Å². The molecular weight excluding hydrogens is 500 g/mol. The Kier molecular flexibility index (Phi) is 8.41. The fourth-order valence-electron chi connectivity index (χ4n) is 2.98. The summed E-state index contributed by atoms with van der Waals surface area (Å²) in [7, 11) is -4.24. The molecule has 0 atom stereocenters. The SMILES string of the molecule is CC(C)(C)C(=O)OCCOC(=O)c1cc(O)cc(CS(=O)(=O)Cc2cc(O)cc(C(=O)O)c2O)c1O. The average Bonchev–Trinajstić information content (AvgIpc) is 2.74. The van der Waals surface area contributed by atoms with Crippen molar-refractivity contribution in [2.45, 2.75) is 32.3 Å². The van der Waals surface area contributed by atoms with E-state index < -0.39 is 84.4 Å². The summed E-state index contributed by atoms with van der Waals surface area (Å²) in [5, 5.41) is 49.2. The summed E-state index contributed by atoms with van der Waals surface area (Å²) in [5.74, 6) is -7.89. The van der Waals surface area contributed by atoms with Gasteiger partial charge in [0, 0.05) is 11.1 Å². The normalized spacial score (nSPS) is 11.6. The number of rotatable bonds is 9. The second kappa shape index (κ2) is 10.7. The van der Waals surface area contributed by atoms with Crippen LogP contribution < -0.4 is 0 Å². The number of hydrogen-bond donors (Lipinski definition) is 5. The molecule has 0 heterocycles. The van der Waals surface area contributed by atoms with Gasteiger partial charge in [-0.25, -0.2) is 18.0 Å². The van der Waals surface area contributed by atoms with E-state index in [2.05, 4.69) is 0 Å². The van der Waals surface area contributed by atoms with E-state index in [0.717, 1.165) is 24.3 Å². The van der Waals surface area contributed by atoms with E-state index in [4.69, 9.17) is 14.6 Å². The van der Waals surface area contributed by atoms with E-state index in [1.165, 1.54) is 0 Å². The van der Waals surface area contributed by atoms with E-state index in [9.17, 15) is 43.2 Å². The first-order valence-corrected chi connectivity index (χ1v) is 12.2. The lowest BCUT2D eigenvalue weighted by Gasteiger charge is -2.16. The quantitative estimate of drug-likeness (QED) is 0.181. The van der Waals surface area contributed by atoms with E-state index in [0.29, 0.717) is 0 Å². The zero-order chi connectivity index (χ0) is 27.4. The number of carboxylic acids is 1. The lowest BCUT2D eigenvalue weighted by molar-refractivity contribution is -0.154. The van der Waals surface area contributed by atoms with Crippen LogP contribution in [0.25, 0.3) is 0 Å². The third-order valence-corrected chi connectivity index (χ3v) is 6.21. The Morgan fingerprint density at radius 1 is 0.778 bits per heavy atom. The molecule has 0 amide bonds. The van der Waals surface area contributed by atoms with Gasteiger partial charge in [0.1, 0.15) is 47.3 Å². The third-order valence-electron chi connectivity index (χ3n) is 4.71. The van der Waals surface area contributed by atoms with Crippen molar-refractivity contribution in [1.29, 1.82) is 0 Å². The lowest BCUT2D eigenvalue weighted by atomic mass is 9.97. The Labute approximate surface area is 206 Å². The molecule has 0 fully saturated rings. The highest BCUT2D eigenvalue weighted by Gasteiger charge is 2.26. The summed E-state index contributed by atoms with van der Waals surface area (Å²) < 4.78 is 35.3. The first-order chi connectivity index (χ1) is 16.5. The molecule has 0 radical (unpaired) electrons. The van der Waals surface area contributed by atoms with Crippen LogP contribution in [0, 0.1) is 5.41 Å². The monoisotopic (exact) mass is 526 g/mol. The molecule has 2 rings (SSSR count). The van der Waals surface area contributed by atoms with Crippen LogP contribution in [-0.4, -0.2) is 65.1 Å². The number of ether oxygens (including phenoxy) is 2. The van der Waals surface area contributed by atoms with Gasteiger partial charge in [-0.05, 0) is 45.0 Å². The number of aromatic carboxylic acids is 1. The predicted molar refractivity (Wildman–Crippen MR) is 124 cm³/mol. The Hall–Kier alpha value is -4.00. The van der Waals surface area contributed by atoms with Crippen LogP contribution in [0.15, 0.2) is 24.3 Å². The Morgan fingerprint density at radius 3 is 1.69 bits per heavy atom. The summed E-state index contributed by atoms with van der Waals surface area (Å²) >= 11 is 0. The number of carbonyl (C=O) groups excluding carboxylic acids is 2. The fraction of sp³-hybridized carbons (Fsp3) is 0.348. The zero-order valence-corrected chi connectivity index (χ0v) is 20.5. The van der Waals surface area contributed by atoms with E-state index in [-0.39, 0.29) is 18.8 Å². The van der Waals surface area contributed by atoms with Crippen molar-refractivity contribution in [1.82, 2.24) is 0 Å². The summed E-state index contributed by atoms with van der Waals surface area (Å²) in [5.41, 5.74) is -2.80. The molecule has 2 aromatic carbocycles. The number of phenols is 4. The second-order valence-electron chi connectivity index (χ2n) is 8.86. The molecule has 0 aliphatic heterocycles. The van der Waals surface area contributed by atoms with Crippen LogP contribution in [0.4, 0.5) is 0 Å². The molecule has 0 aliphatic rings. The van der Waals surface area contributed by atoms with E-state index in [1.54, 1.807) is 20.8 Å². The van der Waals surface area contributed by atoms with Crippen molar-refractivity contribution in [3.05, 3.63) is 46.5 Å². The topological polar surface area (TPSA) is 205 Å². The first kappa shape index (κ1) is 28.2. The molecule has 0 saturated carbocycles. The van der Waals surface area contributed by atoms with Crippen LogP contribution in [0.5, 0.6) is 23.0 Å². The van der Waals surface area contributed by atoms with Crippen molar-refractivity contribution in [3.8, 4) is 23.0 Å². The summed E-state index contributed by atoms with van der Waals surface area (Å²) in [6.45, 7) is 4.26. The molecular formula is C23H26O12S. The van der Waals surface area contributed by atoms with Gasteiger partial charge in [0.25, 0.3) is 0 Å². The van der Waals surface area contributed by atoms with Crippen molar-refractivity contribution in [2.75, 3.05) is 13.2 Å². The minimum absolute atomic E-state index is 0.269. The van der Waals surface area contributed by atoms with Gasteiger partial charge in [-0.2, -0.15) is 0 Å². The number of hydrogen-bond acceptors (Lipinski definition) is 11. The van der Waals surface area contributed by atoms with Gasteiger partial charge in [-0.3, -0.25) is 4.79 Å². The molecule has 0 bridgehead atoms. The standard InChI is InChI=1S/C23H26O12S/c1-23(2,3)22(31)35-5-4-34-21(30)17-9-15(25)7-13(19(17)27)11-36(32,33)10-12-6-14(24)8-16(18(12)26)20(28)29/h6-9,24-27H,4-5,10-11H2,1-3H3,(H,28,29). The molecule has 5 N–H and O–H groups in total. The number of esters is 2. The van der Waals surface area contributed by atoms with Crippen LogP contribution in [-0.2, 0) is 35.6 Å². The minimum atomic E-state index is -4.24. The lowest BCUT2D eigenvalue weighted by Crippen LogP contribution is -2.25. The first-order valence-electron chi connectivity index (χ1n) is 10.4. The predicted octanol–water partition coefficient (Wildman–Crippen LogP) is 2.07. The Balaban J connectivity index is 2.20. The van der Waals surface area contributed by atoms with E-state index in [1.807, 2.05) is 0 Å². The third kappa shape index (κ3) is 7.25. The van der Waals surface area contributed by atoms with Crippen molar-refractivity contribution in [2.24, 2.45) is 5.41 Å². The highest BCUT2D eigenvalue weighted by atomic mass is 32.2. The van der Waals surface area contributed by atoms with Crippen molar-refractivity contribution < 1.29 is 57.8 Å². The van der Waals surface area contributed by atoms with Gasteiger partial charge in [0.05, 0.1) is 16.9 Å². The van der Waals surface area contributed by atoms with Gasteiger partial charge in [-0.15, -0.1) is 0 Å². The van der Waals surface area contributed by atoms with Crippen LogP contribution >= 0.6 is 0 Å². The molecule has 0 aromatic heterocycles. The molecule has 36 heavy (non-hydrogen) atoms. The van der Waals surface area contributed by atoms with Crippen LogP contribution in [0.3, 0.4) is 0 Å². The number of benzene rings is 2. The van der Waals surface area contributed by atoms with Crippen molar-refractivity contribution in [3.63, 3.8) is 0 Å². The van der Waals surface area contributed by atoms with Crippen LogP contribution in [0.2, 0.25) is 0 Å². The van der Waals surface area contributed by atoms with Gasteiger partial charge < -0.3 is 35.0 Å². The molecule has 0 spiro atoms. The van der Waals surface area contributed by atoms with Crippen LogP contribution in [0.1, 0.15) is 52.6 Å². The maximum Gasteiger partial charge on any atom is 0.342 e. The summed E-state index contributed by atoms with van der Waals surface area (Å²) in [6, 6.07) is 3.38. The number of aromatic hydroxyl groups is 4. The molecule has 12 nitrogen and oxygen atoms in total. The highest BCUT2D eigenvalue weighted by Crippen LogP contribution is 2.33. The summed E-state index contributed by atoms with van der Waals surface area (Å²) in [4.78, 5) is 35.3. The molecule has 2 aromatic rings. The minimum Gasteiger partial charge on any atom is -0.508 e. The fourth-order valence-corrected chi connectivity index (χ4v) is 4.47. The Bertz CT molecular complexity index is 1290. The second-order valence-corrected chi connectivity index (χ2v) is 10.9. The number of carboxylic acid groups (broad SMARTS) is 1. The maximum atomic E-state index is 12.7. The zero-order valence-electron chi connectivity index (χ0n) is 19.6. The molecule has 196 valence electrons. The molecule has 0 unspecified atom stereocenters. The smallest absolute Gasteiger partial charge is 0.342 e. The maximum absolute atomic E-state index is 12.7. The molecule has 0 saturated heterocycles.